The highest BCUT2D eigenvalue weighted by Crippen LogP contribution is 2.66. The van der Waals surface area contributed by atoms with E-state index in [0.29, 0.717) is 30.5 Å². The molecule has 0 heterocycles. The number of alkyl halides is 2. The number of Topliss-reactive ketones (excluding diaryl/α,β-unsaturated/α-hetero) is 1. The van der Waals surface area contributed by atoms with Gasteiger partial charge >= 0.3 is 0 Å². The van der Waals surface area contributed by atoms with Crippen LogP contribution in [0, 0.1) is 28.6 Å². The number of carbonyl (C=O) groups excluding carboxylic acids is 1. The lowest BCUT2D eigenvalue weighted by Gasteiger charge is -2.57. The Morgan fingerprint density at radius 2 is 1.95 bits per heavy atom. The topological polar surface area (TPSA) is 17.1 Å². The van der Waals surface area contributed by atoms with Crippen molar-refractivity contribution in [2.45, 2.75) is 71.1 Å². The molecule has 0 aromatic rings. The van der Waals surface area contributed by atoms with Gasteiger partial charge in [-0.05, 0) is 69.1 Å². The number of fused-ring (bicyclic) bond motifs is 5. The van der Waals surface area contributed by atoms with Gasteiger partial charge in [0.25, 0.3) is 0 Å². The van der Waals surface area contributed by atoms with E-state index in [4.69, 9.17) is 0 Å². The van der Waals surface area contributed by atoms with Crippen molar-refractivity contribution in [1.29, 1.82) is 0 Å². The number of halogens is 2. The fraction of sp³-hybridized carbons (Fsp3) is 0.842. The molecule has 0 aromatic carbocycles. The first-order chi connectivity index (χ1) is 10.5. The minimum Gasteiger partial charge on any atom is -0.299 e. The van der Waals surface area contributed by atoms with Crippen LogP contribution >= 0.6 is 0 Å². The van der Waals surface area contributed by atoms with Crippen LogP contribution in [0.25, 0.3) is 0 Å². The summed E-state index contributed by atoms with van der Waals surface area (Å²) in [4.78, 5) is 12.3. The minimum atomic E-state index is -2.24. The molecule has 4 aliphatic rings. The Kier molecular flexibility index (Phi) is 3.29. The third-order valence-electron chi connectivity index (χ3n) is 7.73. The number of carbonyl (C=O) groups is 1. The Balaban J connectivity index is 1.74. The van der Waals surface area contributed by atoms with Gasteiger partial charge in [-0.3, -0.25) is 4.79 Å². The first kappa shape index (κ1) is 14.8. The lowest BCUT2D eigenvalue weighted by atomic mass is 9.47. The minimum absolute atomic E-state index is 0.108. The van der Waals surface area contributed by atoms with Crippen molar-refractivity contribution in [3.63, 3.8) is 0 Å². The van der Waals surface area contributed by atoms with E-state index in [2.05, 4.69) is 13.0 Å². The summed E-state index contributed by atoms with van der Waals surface area (Å²) in [5.74, 6) is 1.20. The van der Waals surface area contributed by atoms with E-state index in [1.165, 1.54) is 0 Å². The summed E-state index contributed by atoms with van der Waals surface area (Å²) in [5.41, 5.74) is -0.00275. The van der Waals surface area contributed by atoms with Crippen molar-refractivity contribution >= 4 is 5.78 Å². The molecule has 0 radical (unpaired) electrons. The van der Waals surface area contributed by atoms with Gasteiger partial charge in [0.15, 0.2) is 0 Å². The second-order valence-corrected chi connectivity index (χ2v) is 8.30. The van der Waals surface area contributed by atoms with E-state index in [-0.39, 0.29) is 11.3 Å². The van der Waals surface area contributed by atoms with Crippen LogP contribution < -0.4 is 0 Å². The molecule has 0 unspecified atom stereocenters. The zero-order valence-corrected chi connectivity index (χ0v) is 13.4. The first-order valence-corrected chi connectivity index (χ1v) is 9.01. The molecule has 0 aromatic heterocycles. The van der Waals surface area contributed by atoms with E-state index in [9.17, 15) is 13.6 Å². The molecule has 0 N–H and O–H groups in total. The van der Waals surface area contributed by atoms with E-state index < -0.39 is 11.8 Å². The highest BCUT2D eigenvalue weighted by Gasteiger charge is 2.62. The summed E-state index contributed by atoms with van der Waals surface area (Å²) in [5, 5.41) is 0. The lowest BCUT2D eigenvalue weighted by molar-refractivity contribution is -0.139. The number of hydrogen-bond acceptors (Lipinski definition) is 1. The van der Waals surface area contributed by atoms with Gasteiger partial charge in [0, 0.05) is 11.8 Å². The molecule has 3 fully saturated rings. The summed E-state index contributed by atoms with van der Waals surface area (Å²) >= 11 is 0. The van der Waals surface area contributed by atoms with Crippen LogP contribution in [0.2, 0.25) is 0 Å². The molecular formula is C19H26F2O. The number of ketones is 1. The van der Waals surface area contributed by atoms with Crippen molar-refractivity contribution in [1.82, 2.24) is 0 Å². The summed E-state index contributed by atoms with van der Waals surface area (Å²) in [6, 6.07) is 0. The summed E-state index contributed by atoms with van der Waals surface area (Å²) in [6.07, 6.45) is 7.56. The molecule has 0 spiro atoms. The lowest BCUT2D eigenvalue weighted by Crippen LogP contribution is -2.53. The second-order valence-electron chi connectivity index (χ2n) is 8.30. The molecule has 4 aliphatic carbocycles. The number of allylic oxidation sites excluding steroid dienone is 2. The Bertz CT molecular complexity index is 526. The normalized spacial score (nSPS) is 47.7. The molecule has 3 saturated carbocycles. The van der Waals surface area contributed by atoms with Gasteiger partial charge < -0.3 is 0 Å². The van der Waals surface area contributed by atoms with E-state index in [1.54, 1.807) is 0 Å². The molecule has 4 rings (SSSR count). The molecule has 0 amide bonds. The number of rotatable bonds is 1. The van der Waals surface area contributed by atoms with E-state index in [0.717, 1.165) is 50.5 Å². The smallest absolute Gasteiger partial charge is 0.248 e. The van der Waals surface area contributed by atoms with Crippen molar-refractivity contribution in [3.8, 4) is 0 Å². The molecule has 3 heteroatoms. The fourth-order valence-electron chi connectivity index (χ4n) is 6.61. The van der Waals surface area contributed by atoms with Gasteiger partial charge in [0.1, 0.15) is 5.78 Å². The number of hydrogen-bond donors (Lipinski definition) is 0. The Morgan fingerprint density at radius 1 is 1.14 bits per heavy atom. The maximum atomic E-state index is 14.2. The Morgan fingerprint density at radius 3 is 2.73 bits per heavy atom. The van der Waals surface area contributed by atoms with Gasteiger partial charge in [0.2, 0.25) is 6.43 Å². The summed E-state index contributed by atoms with van der Waals surface area (Å²) < 4.78 is 28.5. The Labute approximate surface area is 131 Å². The predicted molar refractivity (Wildman–Crippen MR) is 81.7 cm³/mol. The van der Waals surface area contributed by atoms with E-state index >= 15 is 0 Å². The predicted octanol–water partition coefficient (Wildman–Crippen LogP) is 5.15. The second kappa shape index (κ2) is 4.88. The van der Waals surface area contributed by atoms with Gasteiger partial charge in [0.05, 0.1) is 5.41 Å². The monoisotopic (exact) mass is 308 g/mol. The molecular weight excluding hydrogens is 282 g/mol. The zero-order chi connectivity index (χ0) is 15.5. The highest BCUT2D eigenvalue weighted by atomic mass is 19.3. The fourth-order valence-corrected chi connectivity index (χ4v) is 6.61. The SMILES string of the molecule is C[C@]12CC[C@H]3[C@@H](CCC4=CCCC[C@@]43C(F)F)[C@@H]1CCC2=O. The zero-order valence-electron chi connectivity index (χ0n) is 13.4. The third-order valence-corrected chi connectivity index (χ3v) is 7.73. The van der Waals surface area contributed by atoms with Crippen molar-refractivity contribution in [2.75, 3.05) is 0 Å². The van der Waals surface area contributed by atoms with Gasteiger partial charge in [-0.1, -0.05) is 18.6 Å². The van der Waals surface area contributed by atoms with Gasteiger partial charge in [-0.2, -0.15) is 0 Å². The standard InChI is InChI=1S/C19H26F2O/c1-18-11-9-15-13(14(18)7-8-16(18)22)6-5-12-4-2-3-10-19(12,15)17(20)21/h4,13-15,17H,2-3,5-11H2,1H3/t13-,14-,15-,18-,19+/m0/s1. The van der Waals surface area contributed by atoms with Crippen LogP contribution in [0.15, 0.2) is 11.6 Å². The molecule has 122 valence electrons. The van der Waals surface area contributed by atoms with Crippen LogP contribution in [0.4, 0.5) is 8.78 Å². The van der Waals surface area contributed by atoms with Gasteiger partial charge in [-0.25, -0.2) is 8.78 Å². The summed E-state index contributed by atoms with van der Waals surface area (Å²) in [6.45, 7) is 2.12. The van der Waals surface area contributed by atoms with Crippen molar-refractivity contribution in [2.24, 2.45) is 28.6 Å². The molecule has 0 saturated heterocycles. The van der Waals surface area contributed by atoms with E-state index in [1.807, 2.05) is 0 Å². The maximum absolute atomic E-state index is 14.2. The average molecular weight is 308 g/mol. The molecule has 0 bridgehead atoms. The van der Waals surface area contributed by atoms with Crippen LogP contribution in [-0.4, -0.2) is 12.2 Å². The molecule has 22 heavy (non-hydrogen) atoms. The molecule has 5 atom stereocenters. The first-order valence-electron chi connectivity index (χ1n) is 9.01. The Hall–Kier alpha value is -0.730. The molecule has 0 aliphatic heterocycles. The average Bonchev–Trinajstić information content (AvgIpc) is 2.82. The third kappa shape index (κ3) is 1.71. The largest absolute Gasteiger partial charge is 0.299 e. The molecule has 1 nitrogen and oxygen atoms in total. The van der Waals surface area contributed by atoms with Crippen LogP contribution in [-0.2, 0) is 4.79 Å². The summed E-state index contributed by atoms with van der Waals surface area (Å²) in [7, 11) is 0. The van der Waals surface area contributed by atoms with Crippen LogP contribution in [0.5, 0.6) is 0 Å². The van der Waals surface area contributed by atoms with Crippen LogP contribution in [0.1, 0.15) is 64.7 Å². The maximum Gasteiger partial charge on any atom is 0.248 e. The van der Waals surface area contributed by atoms with Crippen molar-refractivity contribution < 1.29 is 13.6 Å². The highest BCUT2D eigenvalue weighted by molar-refractivity contribution is 5.87. The van der Waals surface area contributed by atoms with Gasteiger partial charge in [-0.15, -0.1) is 0 Å². The quantitative estimate of drug-likeness (QED) is 0.612. The van der Waals surface area contributed by atoms with Crippen molar-refractivity contribution in [3.05, 3.63) is 11.6 Å². The van der Waals surface area contributed by atoms with Crippen LogP contribution in [0.3, 0.4) is 0 Å².